The normalized spacial score (nSPS) is 10.6. The Kier molecular flexibility index (Phi) is 3.61. The van der Waals surface area contributed by atoms with Crippen LogP contribution in [0.3, 0.4) is 0 Å². The molecule has 0 saturated carbocycles. The summed E-state index contributed by atoms with van der Waals surface area (Å²) in [4.78, 5) is 4.20. The van der Waals surface area contributed by atoms with Crippen molar-refractivity contribution in [1.29, 1.82) is 0 Å². The first-order valence-electron chi connectivity index (χ1n) is 4.07. The molecule has 0 atom stereocenters. The first-order chi connectivity index (χ1) is 7.15. The summed E-state index contributed by atoms with van der Waals surface area (Å²) in [7, 11) is 0. The molecule has 0 aliphatic carbocycles. The van der Waals surface area contributed by atoms with Crippen LogP contribution in [-0.2, 0) is 6.42 Å². The Hall–Kier alpha value is -0.160. The summed E-state index contributed by atoms with van der Waals surface area (Å²) in [6.45, 7) is 0. The smallest absolute Gasteiger partial charge is 0.179 e. The lowest BCUT2D eigenvalue weighted by Crippen LogP contribution is -1.91. The van der Waals surface area contributed by atoms with Crippen molar-refractivity contribution >= 4 is 50.7 Å². The summed E-state index contributed by atoms with van der Waals surface area (Å²) in [5.74, 6) is 0.760. The van der Waals surface area contributed by atoms with Gasteiger partial charge in [-0.05, 0) is 45.2 Å². The first kappa shape index (κ1) is 11.3. The van der Waals surface area contributed by atoms with Crippen LogP contribution in [0.15, 0.2) is 22.1 Å². The van der Waals surface area contributed by atoms with E-state index in [-0.39, 0.29) is 0 Å². The van der Waals surface area contributed by atoms with E-state index in [0.29, 0.717) is 16.5 Å². The van der Waals surface area contributed by atoms with Gasteiger partial charge in [0.2, 0.25) is 0 Å². The number of hydrogen-bond donors (Lipinski definition) is 0. The average Bonchev–Trinajstić information content (AvgIpc) is 2.56. The number of rotatable bonds is 2. The zero-order valence-electron chi connectivity index (χ0n) is 7.38. The van der Waals surface area contributed by atoms with Crippen LogP contribution in [-0.4, -0.2) is 9.36 Å². The minimum absolute atomic E-state index is 0.623. The lowest BCUT2D eigenvalue weighted by Gasteiger charge is -2.01. The number of aromatic nitrogens is 2. The molecule has 0 radical (unpaired) electrons. The first-order valence-corrected chi connectivity index (χ1v) is 6.39. The topological polar surface area (TPSA) is 25.8 Å². The highest BCUT2D eigenvalue weighted by molar-refractivity contribution is 9.11. The van der Waals surface area contributed by atoms with Crippen molar-refractivity contribution in [3.05, 3.63) is 43.5 Å². The highest BCUT2D eigenvalue weighted by Crippen LogP contribution is 2.23. The Labute approximate surface area is 110 Å². The Morgan fingerprint density at radius 3 is 2.73 bits per heavy atom. The fourth-order valence-electron chi connectivity index (χ4n) is 1.14. The summed E-state index contributed by atoms with van der Waals surface area (Å²) in [6, 6.07) is 5.42. The average molecular weight is 324 g/mol. The Morgan fingerprint density at radius 1 is 1.33 bits per heavy atom. The van der Waals surface area contributed by atoms with Gasteiger partial charge in [-0.15, -0.1) is 0 Å². The predicted molar refractivity (Wildman–Crippen MR) is 66.9 cm³/mol. The van der Waals surface area contributed by atoms with Crippen LogP contribution in [0.5, 0.6) is 0 Å². The van der Waals surface area contributed by atoms with Crippen LogP contribution in [0.2, 0.25) is 10.0 Å². The molecule has 6 heteroatoms. The van der Waals surface area contributed by atoms with Crippen molar-refractivity contribution in [2.75, 3.05) is 0 Å². The van der Waals surface area contributed by atoms with Gasteiger partial charge < -0.3 is 0 Å². The van der Waals surface area contributed by atoms with Gasteiger partial charge in [-0.25, -0.2) is 4.98 Å². The summed E-state index contributed by atoms with van der Waals surface area (Å²) < 4.78 is 4.95. The summed E-state index contributed by atoms with van der Waals surface area (Å²) in [6.07, 6.45) is 0.623. The van der Waals surface area contributed by atoms with Crippen molar-refractivity contribution in [3.8, 4) is 0 Å². The summed E-state index contributed by atoms with van der Waals surface area (Å²) in [5.41, 5.74) is 0.978. The molecule has 15 heavy (non-hydrogen) atoms. The van der Waals surface area contributed by atoms with Crippen LogP contribution in [0.1, 0.15) is 11.4 Å². The van der Waals surface area contributed by atoms with Crippen LogP contribution >= 0.6 is 50.7 Å². The second-order valence-electron chi connectivity index (χ2n) is 2.88. The van der Waals surface area contributed by atoms with E-state index in [0.717, 1.165) is 15.3 Å². The summed E-state index contributed by atoms with van der Waals surface area (Å²) in [5, 5.41) is 1.28. The number of benzene rings is 1. The van der Waals surface area contributed by atoms with Crippen molar-refractivity contribution in [3.63, 3.8) is 0 Å². The minimum Gasteiger partial charge on any atom is -0.212 e. The molecule has 0 fully saturated rings. The molecule has 2 nitrogen and oxygen atoms in total. The van der Waals surface area contributed by atoms with E-state index in [4.69, 9.17) is 23.2 Å². The minimum atomic E-state index is 0.623. The largest absolute Gasteiger partial charge is 0.212 e. The fourth-order valence-corrected chi connectivity index (χ4v) is 2.47. The van der Waals surface area contributed by atoms with E-state index in [9.17, 15) is 0 Å². The molecule has 2 aromatic rings. The van der Waals surface area contributed by atoms with Gasteiger partial charge in [0.15, 0.2) is 3.92 Å². The molecule has 1 heterocycles. The second-order valence-corrected chi connectivity index (χ2v) is 5.75. The SMILES string of the molecule is Clc1ccc(Cc2nsc(Br)n2)c(Cl)c1. The van der Waals surface area contributed by atoms with Gasteiger partial charge in [0.05, 0.1) is 0 Å². The van der Waals surface area contributed by atoms with Gasteiger partial charge in [0.1, 0.15) is 5.82 Å². The molecule has 1 aromatic heterocycles. The Balaban J connectivity index is 2.24. The van der Waals surface area contributed by atoms with Crippen molar-refractivity contribution in [1.82, 2.24) is 9.36 Å². The highest BCUT2D eigenvalue weighted by atomic mass is 79.9. The molecule has 0 bridgehead atoms. The van der Waals surface area contributed by atoms with Crippen LogP contribution in [0.25, 0.3) is 0 Å². The molecule has 1 aromatic carbocycles. The molecule has 0 saturated heterocycles. The van der Waals surface area contributed by atoms with Crippen molar-refractivity contribution < 1.29 is 0 Å². The summed E-state index contributed by atoms with van der Waals surface area (Å²) >= 11 is 16.4. The van der Waals surface area contributed by atoms with Crippen LogP contribution < -0.4 is 0 Å². The molecular formula is C9H5BrCl2N2S. The number of nitrogens with zero attached hydrogens (tertiary/aromatic N) is 2. The fraction of sp³-hybridized carbons (Fsp3) is 0.111. The number of halogens is 3. The predicted octanol–water partition coefficient (Wildman–Crippen LogP) is 4.20. The van der Waals surface area contributed by atoms with Gasteiger partial charge in [-0.2, -0.15) is 4.37 Å². The number of hydrogen-bond acceptors (Lipinski definition) is 3. The third kappa shape index (κ3) is 2.91. The quantitative estimate of drug-likeness (QED) is 0.827. The van der Waals surface area contributed by atoms with Crippen LogP contribution in [0.4, 0.5) is 0 Å². The molecule has 0 aliphatic heterocycles. The monoisotopic (exact) mass is 322 g/mol. The van der Waals surface area contributed by atoms with Gasteiger partial charge in [-0.3, -0.25) is 0 Å². The molecular weight excluding hydrogens is 319 g/mol. The van der Waals surface area contributed by atoms with E-state index >= 15 is 0 Å². The van der Waals surface area contributed by atoms with Gasteiger partial charge in [0.25, 0.3) is 0 Å². The maximum absolute atomic E-state index is 6.04. The van der Waals surface area contributed by atoms with E-state index in [1.165, 1.54) is 11.5 Å². The standard InChI is InChI=1S/C9H5BrCl2N2S/c10-9-13-8(14-15-9)3-5-1-2-6(11)4-7(5)12/h1-2,4H,3H2. The van der Waals surface area contributed by atoms with Gasteiger partial charge >= 0.3 is 0 Å². The molecule has 0 unspecified atom stereocenters. The lowest BCUT2D eigenvalue weighted by molar-refractivity contribution is 1.03. The maximum atomic E-state index is 6.04. The Morgan fingerprint density at radius 2 is 2.13 bits per heavy atom. The maximum Gasteiger partial charge on any atom is 0.179 e. The molecule has 0 amide bonds. The Bertz CT molecular complexity index is 487. The van der Waals surface area contributed by atoms with E-state index in [1.54, 1.807) is 6.07 Å². The molecule has 0 aliphatic rings. The molecule has 2 rings (SSSR count). The zero-order chi connectivity index (χ0) is 10.8. The van der Waals surface area contributed by atoms with E-state index in [1.807, 2.05) is 12.1 Å². The molecule has 0 N–H and O–H groups in total. The van der Waals surface area contributed by atoms with Crippen LogP contribution in [0, 0.1) is 0 Å². The van der Waals surface area contributed by atoms with Gasteiger partial charge in [-0.1, -0.05) is 29.3 Å². The highest BCUT2D eigenvalue weighted by Gasteiger charge is 2.06. The van der Waals surface area contributed by atoms with Crippen molar-refractivity contribution in [2.24, 2.45) is 0 Å². The van der Waals surface area contributed by atoms with E-state index in [2.05, 4.69) is 25.3 Å². The molecule has 0 spiro atoms. The third-order valence-electron chi connectivity index (χ3n) is 1.81. The van der Waals surface area contributed by atoms with E-state index < -0.39 is 0 Å². The zero-order valence-corrected chi connectivity index (χ0v) is 11.3. The molecule has 78 valence electrons. The third-order valence-corrected chi connectivity index (χ3v) is 3.55. The second kappa shape index (κ2) is 4.78. The van der Waals surface area contributed by atoms with Crippen molar-refractivity contribution in [2.45, 2.75) is 6.42 Å². The lowest BCUT2D eigenvalue weighted by atomic mass is 10.1. The van der Waals surface area contributed by atoms with Gasteiger partial charge in [0, 0.05) is 16.5 Å².